The molecule has 4 rings (SSSR count). The summed E-state index contributed by atoms with van der Waals surface area (Å²) in [6.07, 6.45) is 0.212. The van der Waals surface area contributed by atoms with E-state index in [1.165, 1.54) is 37.3 Å². The number of amides is 2. The van der Waals surface area contributed by atoms with Crippen molar-refractivity contribution in [2.45, 2.75) is 57.1 Å². The SMILES string of the molecule is COc1ccc(N(CC(=O)N(Cc2cccc(Br)c2)[C@@H](Cc2ccccc2)C(=O)NC(C)(C)C)S(=O)(=O)c2ccc(C)cc2)cc1OC. The van der Waals surface area contributed by atoms with Crippen molar-refractivity contribution >= 4 is 43.5 Å². The van der Waals surface area contributed by atoms with Gasteiger partial charge in [-0.25, -0.2) is 8.42 Å². The maximum atomic E-state index is 14.7. The minimum atomic E-state index is -4.28. The maximum absolute atomic E-state index is 14.7. The summed E-state index contributed by atoms with van der Waals surface area (Å²) in [5, 5.41) is 3.04. The number of aryl methyl sites for hydroxylation is 1. The zero-order valence-electron chi connectivity index (χ0n) is 28.1. The van der Waals surface area contributed by atoms with E-state index in [2.05, 4.69) is 21.2 Å². The molecule has 48 heavy (non-hydrogen) atoms. The van der Waals surface area contributed by atoms with Crippen LogP contribution in [0.25, 0.3) is 0 Å². The smallest absolute Gasteiger partial charge is 0.264 e. The number of carbonyl (C=O) groups excluding carboxylic acids is 2. The third-order valence-corrected chi connectivity index (χ3v) is 9.84. The first-order valence-corrected chi connectivity index (χ1v) is 17.7. The molecule has 4 aromatic rings. The summed E-state index contributed by atoms with van der Waals surface area (Å²) in [5.41, 5.74) is 2.11. The average Bonchev–Trinajstić information content (AvgIpc) is 3.04. The van der Waals surface area contributed by atoms with Crippen LogP contribution in [0.4, 0.5) is 5.69 Å². The molecule has 254 valence electrons. The number of halogens is 1. The number of methoxy groups -OCH3 is 2. The van der Waals surface area contributed by atoms with Crippen molar-refractivity contribution in [3.05, 3.63) is 118 Å². The molecule has 0 radical (unpaired) electrons. The molecule has 9 nitrogen and oxygen atoms in total. The van der Waals surface area contributed by atoms with Crippen LogP contribution in [0, 0.1) is 6.92 Å². The lowest BCUT2D eigenvalue weighted by Gasteiger charge is -2.35. The molecule has 0 heterocycles. The van der Waals surface area contributed by atoms with Gasteiger partial charge in [0, 0.05) is 29.0 Å². The molecule has 11 heteroatoms. The Balaban J connectivity index is 1.86. The second-order valence-corrected chi connectivity index (χ2v) is 15.2. The zero-order chi connectivity index (χ0) is 35.1. The summed E-state index contributed by atoms with van der Waals surface area (Å²) in [7, 11) is -1.34. The molecule has 1 N–H and O–H groups in total. The fourth-order valence-electron chi connectivity index (χ4n) is 5.19. The molecule has 0 aliphatic carbocycles. The van der Waals surface area contributed by atoms with Crippen LogP contribution in [-0.4, -0.2) is 57.5 Å². The summed E-state index contributed by atoms with van der Waals surface area (Å²) >= 11 is 3.51. The van der Waals surface area contributed by atoms with E-state index in [1.807, 2.05) is 82.3 Å². The Kier molecular flexibility index (Phi) is 11.9. The molecule has 1 atom stereocenters. The lowest BCUT2D eigenvalue weighted by atomic mass is 10.0. The highest BCUT2D eigenvalue weighted by Crippen LogP contribution is 2.34. The molecular formula is C37H42BrN3O6S. The van der Waals surface area contributed by atoms with Crippen molar-refractivity contribution in [3.63, 3.8) is 0 Å². The summed E-state index contributed by atoms with van der Waals surface area (Å²) in [6, 6.07) is 27.0. The molecule has 0 aromatic heterocycles. The molecular weight excluding hydrogens is 694 g/mol. The van der Waals surface area contributed by atoms with Gasteiger partial charge in [0.05, 0.1) is 24.8 Å². The lowest BCUT2D eigenvalue weighted by molar-refractivity contribution is -0.140. The van der Waals surface area contributed by atoms with E-state index in [-0.39, 0.29) is 29.5 Å². The largest absolute Gasteiger partial charge is 0.493 e. The minimum absolute atomic E-state index is 0.0144. The Morgan fingerprint density at radius 1 is 0.833 bits per heavy atom. The molecule has 0 spiro atoms. The van der Waals surface area contributed by atoms with E-state index in [0.29, 0.717) is 11.5 Å². The second kappa shape index (κ2) is 15.7. The molecule has 0 unspecified atom stereocenters. The van der Waals surface area contributed by atoms with Crippen LogP contribution in [-0.2, 0) is 32.6 Å². The van der Waals surface area contributed by atoms with Gasteiger partial charge >= 0.3 is 0 Å². The molecule has 0 aliphatic rings. The van der Waals surface area contributed by atoms with Gasteiger partial charge in [-0.1, -0.05) is 76.1 Å². The van der Waals surface area contributed by atoms with Crippen molar-refractivity contribution < 1.29 is 27.5 Å². The van der Waals surface area contributed by atoms with Crippen LogP contribution < -0.4 is 19.1 Å². The number of hydrogen-bond acceptors (Lipinski definition) is 6. The van der Waals surface area contributed by atoms with Crippen LogP contribution in [0.5, 0.6) is 11.5 Å². The van der Waals surface area contributed by atoms with Crippen molar-refractivity contribution in [1.29, 1.82) is 0 Å². The van der Waals surface area contributed by atoms with Gasteiger partial charge < -0.3 is 19.7 Å². The second-order valence-electron chi connectivity index (χ2n) is 12.5. The number of anilines is 1. The first-order chi connectivity index (χ1) is 22.7. The Morgan fingerprint density at radius 2 is 1.48 bits per heavy atom. The summed E-state index contributed by atoms with van der Waals surface area (Å²) in [6.45, 7) is 6.94. The third kappa shape index (κ3) is 9.38. The normalized spacial score (nSPS) is 12.1. The van der Waals surface area contributed by atoms with Gasteiger partial charge in [-0.3, -0.25) is 13.9 Å². The topological polar surface area (TPSA) is 105 Å². The van der Waals surface area contributed by atoms with Crippen LogP contribution in [0.2, 0.25) is 0 Å². The predicted molar refractivity (Wildman–Crippen MR) is 192 cm³/mol. The van der Waals surface area contributed by atoms with E-state index in [1.54, 1.807) is 24.3 Å². The van der Waals surface area contributed by atoms with E-state index in [9.17, 15) is 18.0 Å². The van der Waals surface area contributed by atoms with Gasteiger partial charge in [0.25, 0.3) is 10.0 Å². The highest BCUT2D eigenvalue weighted by Gasteiger charge is 2.36. The molecule has 0 bridgehead atoms. The monoisotopic (exact) mass is 735 g/mol. The van der Waals surface area contributed by atoms with Gasteiger partial charge in [-0.05, 0) is 75.2 Å². The predicted octanol–water partition coefficient (Wildman–Crippen LogP) is 6.52. The van der Waals surface area contributed by atoms with Crippen LogP contribution >= 0.6 is 15.9 Å². The molecule has 0 saturated carbocycles. The number of nitrogens with zero attached hydrogens (tertiary/aromatic N) is 2. The van der Waals surface area contributed by atoms with E-state index < -0.39 is 34.1 Å². The van der Waals surface area contributed by atoms with Crippen LogP contribution in [0.1, 0.15) is 37.5 Å². The Labute approximate surface area is 292 Å². The van der Waals surface area contributed by atoms with Crippen molar-refractivity contribution in [2.75, 3.05) is 25.1 Å². The maximum Gasteiger partial charge on any atom is 0.264 e. The zero-order valence-corrected chi connectivity index (χ0v) is 30.5. The van der Waals surface area contributed by atoms with Gasteiger partial charge in [-0.2, -0.15) is 0 Å². The van der Waals surface area contributed by atoms with Gasteiger partial charge in [-0.15, -0.1) is 0 Å². The van der Waals surface area contributed by atoms with Crippen molar-refractivity contribution in [1.82, 2.24) is 10.2 Å². The number of sulfonamides is 1. The van der Waals surface area contributed by atoms with Crippen LogP contribution in [0.3, 0.4) is 0 Å². The first-order valence-electron chi connectivity index (χ1n) is 15.4. The molecule has 2 amide bonds. The number of rotatable bonds is 13. The van der Waals surface area contributed by atoms with E-state index >= 15 is 0 Å². The standard InChI is InChI=1S/C37H42BrN3O6S/c1-26-15-18-31(19-16-26)48(44,45)41(30-17-20-33(46-5)34(23-30)47-6)25-35(42)40(24-28-13-10-14-29(38)21-28)32(36(43)39-37(2,3)4)22-27-11-8-7-9-12-27/h7-21,23,32H,22,24-25H2,1-6H3,(H,39,43)/t32-/m0/s1. The highest BCUT2D eigenvalue weighted by atomic mass is 79.9. The number of carbonyl (C=O) groups is 2. The molecule has 4 aromatic carbocycles. The Bertz CT molecular complexity index is 1830. The number of nitrogens with one attached hydrogen (secondary N) is 1. The fraction of sp³-hybridized carbons (Fsp3) is 0.297. The van der Waals surface area contributed by atoms with E-state index in [0.717, 1.165) is 25.5 Å². The first kappa shape index (κ1) is 36.5. The van der Waals surface area contributed by atoms with Gasteiger partial charge in [0.1, 0.15) is 12.6 Å². The van der Waals surface area contributed by atoms with Gasteiger partial charge in [0.15, 0.2) is 11.5 Å². The number of benzene rings is 4. The molecule has 0 aliphatic heterocycles. The highest BCUT2D eigenvalue weighted by molar-refractivity contribution is 9.10. The fourth-order valence-corrected chi connectivity index (χ4v) is 7.04. The number of ether oxygens (including phenoxy) is 2. The molecule has 0 fully saturated rings. The minimum Gasteiger partial charge on any atom is -0.493 e. The Morgan fingerprint density at radius 3 is 2.08 bits per heavy atom. The average molecular weight is 737 g/mol. The Hall–Kier alpha value is -4.35. The van der Waals surface area contributed by atoms with Crippen molar-refractivity contribution in [2.24, 2.45) is 0 Å². The summed E-state index contributed by atoms with van der Waals surface area (Å²) < 4.78 is 41.4. The van der Waals surface area contributed by atoms with E-state index in [4.69, 9.17) is 9.47 Å². The van der Waals surface area contributed by atoms with Crippen molar-refractivity contribution in [3.8, 4) is 11.5 Å². The summed E-state index contributed by atoms with van der Waals surface area (Å²) in [4.78, 5) is 30.2. The van der Waals surface area contributed by atoms with Crippen LogP contribution in [0.15, 0.2) is 106 Å². The van der Waals surface area contributed by atoms with Gasteiger partial charge in [0.2, 0.25) is 11.8 Å². The molecule has 0 saturated heterocycles. The lowest BCUT2D eigenvalue weighted by Crippen LogP contribution is -2.56. The summed E-state index contributed by atoms with van der Waals surface area (Å²) in [5.74, 6) is -0.221. The quantitative estimate of drug-likeness (QED) is 0.168. The number of hydrogen-bond donors (Lipinski definition) is 1. The third-order valence-electron chi connectivity index (χ3n) is 7.55.